The third kappa shape index (κ3) is 11.9. The van der Waals surface area contributed by atoms with Crippen LogP contribution in [0.5, 0.6) is 0 Å². The number of nitrogens with one attached hydrogen (secondary N) is 1. The van der Waals surface area contributed by atoms with Gasteiger partial charge in [0.05, 0.1) is 5.02 Å². The molecule has 1 fully saturated rings. The minimum absolute atomic E-state index is 0.277. The van der Waals surface area contributed by atoms with E-state index in [0.29, 0.717) is 17.5 Å². The Bertz CT molecular complexity index is 1870. The van der Waals surface area contributed by atoms with Gasteiger partial charge in [0.15, 0.2) is 0 Å². The second-order valence-electron chi connectivity index (χ2n) is 13.4. The van der Waals surface area contributed by atoms with E-state index in [9.17, 15) is 4.39 Å². The molecule has 0 aliphatic carbocycles. The van der Waals surface area contributed by atoms with Crippen LogP contribution in [0.2, 0.25) is 5.02 Å². The van der Waals surface area contributed by atoms with Crippen LogP contribution in [0.1, 0.15) is 69.8 Å². The molecule has 1 saturated heterocycles. The average Bonchev–Trinajstić information content (AvgIpc) is 3.53. The van der Waals surface area contributed by atoms with Crippen LogP contribution in [0, 0.1) is 54.0 Å². The monoisotopic (exact) mass is 847 g/mol. The van der Waals surface area contributed by atoms with E-state index in [1.807, 2.05) is 12.1 Å². The Labute approximate surface area is 328 Å². The van der Waals surface area contributed by atoms with Gasteiger partial charge in [0.2, 0.25) is 0 Å². The van der Waals surface area contributed by atoms with E-state index in [1.165, 1.54) is 62.5 Å². The van der Waals surface area contributed by atoms with Crippen molar-refractivity contribution in [3.8, 4) is 0 Å². The SMILES string of the molecule is CC(C)c1ccccc1NCc1ccc(F)cc1[CH]=[Ru]([Cl])[Cl].Cc1cc(C)c(N2[CH-]N(c3c(C)cc(C)cc3C)CC2)c(C)c1.Clc1cccnc1. The van der Waals surface area contributed by atoms with E-state index in [2.05, 4.69) is 119 Å². The summed E-state index contributed by atoms with van der Waals surface area (Å²) < 4.78 is 15.2. The summed E-state index contributed by atoms with van der Waals surface area (Å²) in [5.41, 5.74) is 15.0. The van der Waals surface area contributed by atoms with Gasteiger partial charge in [-0.15, -0.1) is 0 Å². The third-order valence-electron chi connectivity index (χ3n) is 8.68. The molecular weight excluding hydrogens is 799 g/mol. The van der Waals surface area contributed by atoms with Crippen LogP contribution in [-0.4, -0.2) is 22.7 Å². The van der Waals surface area contributed by atoms with Crippen LogP contribution < -0.4 is 15.1 Å². The number of anilines is 3. The van der Waals surface area contributed by atoms with Crippen molar-refractivity contribution in [2.24, 2.45) is 0 Å². The van der Waals surface area contributed by atoms with Crippen molar-refractivity contribution >= 4 is 52.7 Å². The molecule has 0 saturated carbocycles. The van der Waals surface area contributed by atoms with E-state index >= 15 is 0 Å². The quantitative estimate of drug-likeness (QED) is 0.131. The third-order valence-corrected chi connectivity index (χ3v) is 10.7. The van der Waals surface area contributed by atoms with Crippen LogP contribution in [-0.2, 0) is 20.1 Å². The van der Waals surface area contributed by atoms with E-state index in [-0.39, 0.29) is 5.82 Å². The predicted molar refractivity (Wildman–Crippen MR) is 221 cm³/mol. The van der Waals surface area contributed by atoms with Gasteiger partial charge in [-0.2, -0.15) is 6.67 Å². The summed E-state index contributed by atoms with van der Waals surface area (Å²) in [5.74, 6) is 0.159. The molecule has 278 valence electrons. The van der Waals surface area contributed by atoms with Gasteiger partial charge in [0.25, 0.3) is 0 Å². The standard InChI is InChI=1S/C21H27N2.C17H18FN.C5H4ClN.2ClH.Ru/c1-14-9-16(3)20(17(4)10-14)22-7-8-23(13-22)21-18(5)11-15(2)12-19(21)6;1-12(2)16-6-4-5-7-17(16)19-11-14-8-9-15(18)10-13(14)3;6-5-2-1-3-7-4-5;;;/h9-13H,7-8H2,1-6H3;3-10,12,19H,11H2,1-2H3;1-4H;2*1H;/q-1;;;;;+2/p-2. The summed E-state index contributed by atoms with van der Waals surface area (Å²) in [4.78, 5) is 8.56. The Morgan fingerprint density at radius 3 is 1.83 bits per heavy atom. The van der Waals surface area contributed by atoms with E-state index < -0.39 is 13.5 Å². The minimum Gasteiger partial charge on any atom is -0.502 e. The molecule has 0 amide bonds. The fourth-order valence-corrected chi connectivity index (χ4v) is 8.68. The number of aryl methyl sites for hydroxylation is 6. The second kappa shape index (κ2) is 19.7. The molecule has 0 radical (unpaired) electrons. The number of benzene rings is 4. The summed E-state index contributed by atoms with van der Waals surface area (Å²) in [6, 6.07) is 25.6. The number of para-hydroxylation sites is 1. The van der Waals surface area contributed by atoms with Gasteiger partial charge in [-0.1, -0.05) is 47.0 Å². The molecule has 5 aromatic rings. The molecule has 4 nitrogen and oxygen atoms in total. The second-order valence-corrected chi connectivity index (χ2v) is 19.6. The fraction of sp³-hybridized carbons (Fsp3) is 0.279. The van der Waals surface area contributed by atoms with E-state index in [1.54, 1.807) is 35.2 Å². The maximum Gasteiger partial charge on any atom is 0.0589 e. The van der Waals surface area contributed by atoms with Gasteiger partial charge >= 0.3 is 144 Å². The number of pyridine rings is 1. The van der Waals surface area contributed by atoms with Crippen molar-refractivity contribution in [3.05, 3.63) is 159 Å². The zero-order chi connectivity index (χ0) is 37.9. The zero-order valence-electron chi connectivity index (χ0n) is 31.2. The number of aromatic nitrogens is 1. The van der Waals surface area contributed by atoms with Crippen LogP contribution in [0.3, 0.4) is 0 Å². The normalized spacial score (nSPS) is 12.5. The topological polar surface area (TPSA) is 31.4 Å². The summed E-state index contributed by atoms with van der Waals surface area (Å²) in [6.07, 6.45) is 3.29. The Morgan fingerprint density at radius 1 is 0.808 bits per heavy atom. The first-order valence-electron chi connectivity index (χ1n) is 17.3. The maximum absolute atomic E-state index is 13.4. The summed E-state index contributed by atoms with van der Waals surface area (Å²) in [7, 11) is 11.9. The first-order valence-corrected chi connectivity index (χ1v) is 23.1. The Kier molecular flexibility index (Phi) is 15.7. The Morgan fingerprint density at radius 2 is 1.37 bits per heavy atom. The molecule has 1 aliphatic rings. The molecule has 4 aromatic carbocycles. The van der Waals surface area contributed by atoms with E-state index in [4.69, 9.17) is 31.0 Å². The summed E-state index contributed by atoms with van der Waals surface area (Å²) in [5, 5.41) is 4.11. The Hall–Kier alpha value is -3.28. The van der Waals surface area contributed by atoms with Gasteiger partial charge in [-0.05, 0) is 75.9 Å². The smallest absolute Gasteiger partial charge is 0.0589 e. The number of hydrogen-bond acceptors (Lipinski definition) is 4. The Balaban J connectivity index is 0.000000196. The molecule has 9 heteroatoms. The van der Waals surface area contributed by atoms with Crippen molar-refractivity contribution in [2.45, 2.75) is 67.9 Å². The molecule has 1 aliphatic heterocycles. The van der Waals surface area contributed by atoms with Crippen molar-refractivity contribution in [3.63, 3.8) is 0 Å². The van der Waals surface area contributed by atoms with Crippen molar-refractivity contribution in [2.75, 3.05) is 28.2 Å². The number of halogens is 4. The molecule has 0 bridgehead atoms. The number of hydrogen-bond donors (Lipinski definition) is 1. The van der Waals surface area contributed by atoms with Crippen LogP contribution in [0.4, 0.5) is 21.5 Å². The van der Waals surface area contributed by atoms with Gasteiger partial charge in [-0.3, -0.25) is 4.98 Å². The number of nitrogens with zero attached hydrogens (tertiary/aromatic N) is 3. The van der Waals surface area contributed by atoms with Gasteiger partial charge in [0, 0.05) is 36.9 Å². The minimum atomic E-state index is -1.99. The van der Waals surface area contributed by atoms with Crippen LogP contribution in [0.15, 0.2) is 91.3 Å². The predicted octanol–water partition coefficient (Wildman–Crippen LogP) is 12.4. The molecule has 1 N–H and O–H groups in total. The maximum atomic E-state index is 13.4. The largest absolute Gasteiger partial charge is 0.502 e. The number of rotatable bonds is 7. The molecule has 2 heterocycles. The van der Waals surface area contributed by atoms with Gasteiger partial charge in [0.1, 0.15) is 0 Å². The summed E-state index contributed by atoms with van der Waals surface area (Å²) in [6.45, 7) is 22.5. The van der Waals surface area contributed by atoms with Gasteiger partial charge in [-0.25, -0.2) is 0 Å². The fourth-order valence-electron chi connectivity index (χ4n) is 6.69. The molecular formula is C43H49Cl3FN4Ru-. The molecule has 6 rings (SSSR count). The molecule has 1 aromatic heterocycles. The molecule has 0 spiro atoms. The van der Waals surface area contributed by atoms with Crippen molar-refractivity contribution in [1.29, 1.82) is 0 Å². The van der Waals surface area contributed by atoms with Crippen LogP contribution in [0.25, 0.3) is 0 Å². The first kappa shape index (κ1) is 41.5. The molecule has 52 heavy (non-hydrogen) atoms. The van der Waals surface area contributed by atoms with Gasteiger partial charge < -0.3 is 9.80 Å². The summed E-state index contributed by atoms with van der Waals surface area (Å²) >= 11 is 3.49. The van der Waals surface area contributed by atoms with Crippen LogP contribution >= 0.6 is 31.0 Å². The van der Waals surface area contributed by atoms with Crippen molar-refractivity contribution in [1.82, 2.24) is 4.98 Å². The van der Waals surface area contributed by atoms with E-state index in [0.717, 1.165) is 29.9 Å². The zero-order valence-corrected chi connectivity index (χ0v) is 35.2. The average molecular weight is 848 g/mol. The molecule has 0 unspecified atom stereocenters. The molecule has 0 atom stereocenters. The van der Waals surface area contributed by atoms with Crippen molar-refractivity contribution < 1.29 is 17.9 Å². The first-order chi connectivity index (χ1) is 24.7.